The van der Waals surface area contributed by atoms with E-state index >= 15 is 0 Å². The Morgan fingerprint density at radius 3 is 1.55 bits per heavy atom. The van der Waals surface area contributed by atoms with Crippen molar-refractivity contribution in [1.82, 2.24) is 35.3 Å². The first-order valence-electron chi connectivity index (χ1n) is 27.5. The minimum atomic E-state index is -1.77. The number of carbonyl (C=O) groups is 10. The molecule has 0 spiro atoms. The number of carbonyl (C=O) groups excluding carboxylic acids is 6. The number of aromatic nitrogens is 6. The highest BCUT2D eigenvalue weighted by Gasteiger charge is 2.69. The quantitative estimate of drug-likeness (QED) is 0.0384. The molecule has 8 atom stereocenters. The number of aryl methyl sites for hydroxylation is 2. The van der Waals surface area contributed by atoms with Gasteiger partial charge in [-0.05, 0) is 139 Å². The summed E-state index contributed by atoms with van der Waals surface area (Å²) in [5.41, 5.74) is 2.71. The van der Waals surface area contributed by atoms with E-state index in [0.29, 0.717) is 27.6 Å². The zero-order valence-electron chi connectivity index (χ0n) is 46.7. The molecule has 6 amide bonds. The van der Waals surface area contributed by atoms with E-state index in [1.807, 2.05) is 0 Å². The number of aromatic hydroxyl groups is 2. The van der Waals surface area contributed by atoms with Crippen molar-refractivity contribution in [2.24, 2.45) is 47.3 Å². The summed E-state index contributed by atoms with van der Waals surface area (Å²) in [6.07, 6.45) is -1.67. The molecule has 448 valence electrons. The zero-order chi connectivity index (χ0) is 62.7. The summed E-state index contributed by atoms with van der Waals surface area (Å²) < 4.78 is 0. The highest BCUT2D eigenvalue weighted by molar-refractivity contribution is 6.26. The number of amides is 6. The number of benzene rings is 6. The SMILES string of the molecule is CNC(=O)C1C(C(=O)Nc2ccc(N3C(=O)C4C(C(=O)O)C(C(=O)Nc5cc(-c6cc(NC(=O)c7cc(C)c(C)cc7CC(=O)O)c(O)c(-n7nc8ccccc8n7)c6)cc(-n6nc7ccccc7n6)c5O)C4C3=O)cc2)CC(CC(=O)O)C1CC(=O)O. The summed E-state index contributed by atoms with van der Waals surface area (Å²) in [6.45, 7) is 3.51. The number of carboxylic acids is 4. The van der Waals surface area contributed by atoms with Crippen LogP contribution in [0.1, 0.15) is 46.3 Å². The summed E-state index contributed by atoms with van der Waals surface area (Å²) in [7, 11) is 1.30. The van der Waals surface area contributed by atoms with Crippen molar-refractivity contribution in [1.29, 1.82) is 0 Å². The van der Waals surface area contributed by atoms with Crippen LogP contribution in [0.25, 0.3) is 44.6 Å². The molecule has 8 unspecified atom stereocenters. The second-order valence-corrected chi connectivity index (χ2v) is 21.9. The van der Waals surface area contributed by atoms with Crippen molar-refractivity contribution in [3.05, 3.63) is 131 Å². The molecule has 1 saturated heterocycles. The number of phenols is 2. The van der Waals surface area contributed by atoms with Crippen LogP contribution in [0, 0.1) is 61.2 Å². The standard InChI is InChI=1S/C61H53N11O16/c1-26-16-30(23-45(73)74)35(17-27(26)2)55(81)64-41-19-28(21-43(53(41)79)71-66-37-8-4-5-9-38(37)67-71)29-20-42(54(80)44(22-29)72-68-39-10-6-7-11-40(39)69-72)65-58(84)49-50-51(52(49)61(87)88)60(86)70(59(50)85)33-14-12-32(13-15-33)63-56(82)36-18-31(24-46(75)76)34(25-47(77)78)48(36)57(83)62-3/h4-17,19-22,31,34,36,48-52,79-80H,18,23-25H2,1-3H3,(H,62,83)(H,63,82)(H,64,81)(H,65,84)(H,73,74)(H,75,76)(H,77,78)(H,87,88). The predicted octanol–water partition coefficient (Wildman–Crippen LogP) is 5.31. The van der Waals surface area contributed by atoms with Crippen LogP contribution in [0.5, 0.6) is 11.5 Å². The van der Waals surface area contributed by atoms with Gasteiger partial charge in [-0.3, -0.25) is 52.8 Å². The van der Waals surface area contributed by atoms with Crippen LogP contribution in [-0.4, -0.2) is 127 Å². The Morgan fingerprint density at radius 2 is 1.06 bits per heavy atom. The molecule has 88 heavy (non-hydrogen) atoms. The van der Waals surface area contributed by atoms with E-state index < -0.39 is 137 Å². The van der Waals surface area contributed by atoms with E-state index in [1.54, 1.807) is 68.4 Å². The van der Waals surface area contributed by atoms with Crippen molar-refractivity contribution in [2.45, 2.75) is 39.5 Å². The molecule has 0 bridgehead atoms. The molecule has 3 fully saturated rings. The molecule has 6 aromatic carbocycles. The Balaban J connectivity index is 0.923. The minimum absolute atomic E-state index is 0.00128. The van der Waals surface area contributed by atoms with Gasteiger partial charge in [-0.1, -0.05) is 30.3 Å². The lowest BCUT2D eigenvalue weighted by atomic mass is 9.57. The van der Waals surface area contributed by atoms with Crippen LogP contribution >= 0.6 is 0 Å². The second kappa shape index (κ2) is 22.9. The van der Waals surface area contributed by atoms with E-state index in [-0.39, 0.29) is 62.8 Å². The number of rotatable bonds is 18. The van der Waals surface area contributed by atoms with E-state index in [9.17, 15) is 78.6 Å². The lowest BCUT2D eigenvalue weighted by Crippen LogP contribution is -2.56. The summed E-state index contributed by atoms with van der Waals surface area (Å²) in [6, 6.07) is 27.3. The summed E-state index contributed by atoms with van der Waals surface area (Å²) in [5, 5.41) is 92.3. The maximum absolute atomic E-state index is 14.8. The highest BCUT2D eigenvalue weighted by atomic mass is 16.4. The third-order valence-corrected chi connectivity index (χ3v) is 16.7. The van der Waals surface area contributed by atoms with E-state index in [2.05, 4.69) is 41.7 Å². The Labute approximate surface area is 496 Å². The predicted molar refractivity (Wildman–Crippen MR) is 310 cm³/mol. The van der Waals surface area contributed by atoms with E-state index in [0.717, 1.165) is 20.1 Å². The molecule has 3 aliphatic rings. The van der Waals surface area contributed by atoms with Gasteiger partial charge in [0, 0.05) is 31.1 Å². The molecule has 2 aliphatic carbocycles. The Morgan fingerprint density at radius 1 is 0.557 bits per heavy atom. The van der Waals surface area contributed by atoms with Gasteiger partial charge < -0.3 is 51.9 Å². The van der Waals surface area contributed by atoms with Crippen molar-refractivity contribution in [3.8, 4) is 34.0 Å². The van der Waals surface area contributed by atoms with Crippen molar-refractivity contribution in [2.75, 3.05) is 27.9 Å². The van der Waals surface area contributed by atoms with Gasteiger partial charge in [0.1, 0.15) is 33.4 Å². The fourth-order valence-corrected chi connectivity index (χ4v) is 12.4. The number of imide groups is 1. The topological polar surface area (TPSA) is 405 Å². The molecular formula is C61H53N11O16. The second-order valence-electron chi connectivity index (χ2n) is 21.9. The molecule has 2 aromatic heterocycles. The molecule has 11 rings (SSSR count). The van der Waals surface area contributed by atoms with Gasteiger partial charge in [0.05, 0.1) is 59.0 Å². The van der Waals surface area contributed by atoms with E-state index in [4.69, 9.17) is 0 Å². The number of hydrogen-bond donors (Lipinski definition) is 10. The molecule has 2 saturated carbocycles. The number of aliphatic carboxylic acids is 4. The smallest absolute Gasteiger partial charge is 0.308 e. The third kappa shape index (κ3) is 10.7. The number of nitrogens with zero attached hydrogens (tertiary/aromatic N) is 7. The van der Waals surface area contributed by atoms with Crippen LogP contribution in [0.4, 0.5) is 22.7 Å². The average molecular weight is 1200 g/mol. The monoisotopic (exact) mass is 1200 g/mol. The number of fused-ring (bicyclic) bond motifs is 3. The molecule has 10 N–H and O–H groups in total. The first-order chi connectivity index (χ1) is 42.0. The molecule has 27 nitrogen and oxygen atoms in total. The van der Waals surface area contributed by atoms with Crippen molar-refractivity contribution in [3.63, 3.8) is 0 Å². The number of anilines is 4. The van der Waals surface area contributed by atoms with Gasteiger partial charge in [-0.2, -0.15) is 0 Å². The molecule has 0 radical (unpaired) electrons. The maximum Gasteiger partial charge on any atom is 0.308 e. The Hall–Kier alpha value is -11.4. The molecule has 8 aromatic rings. The summed E-state index contributed by atoms with van der Waals surface area (Å²) >= 11 is 0. The first kappa shape index (κ1) is 58.4. The largest absolute Gasteiger partial charge is 0.504 e. The van der Waals surface area contributed by atoms with Crippen molar-refractivity contribution >= 4 is 104 Å². The number of carboxylic acid groups (broad SMARTS) is 4. The molecule has 3 heterocycles. The van der Waals surface area contributed by atoms with E-state index in [1.165, 1.54) is 61.6 Å². The van der Waals surface area contributed by atoms with Gasteiger partial charge in [0.15, 0.2) is 11.5 Å². The van der Waals surface area contributed by atoms with Gasteiger partial charge in [0.2, 0.25) is 29.5 Å². The normalized spacial score (nSPS) is 20.3. The molecular weight excluding hydrogens is 1140 g/mol. The molecule has 27 heteroatoms. The highest BCUT2D eigenvalue weighted by Crippen LogP contribution is 2.54. The van der Waals surface area contributed by atoms with Gasteiger partial charge >= 0.3 is 23.9 Å². The van der Waals surface area contributed by atoms with Crippen LogP contribution in [-0.2, 0) is 49.6 Å². The lowest BCUT2D eigenvalue weighted by Gasteiger charge is -2.41. The van der Waals surface area contributed by atoms with Crippen LogP contribution < -0.4 is 26.2 Å². The maximum atomic E-state index is 14.8. The van der Waals surface area contributed by atoms with Crippen molar-refractivity contribution < 1.29 is 78.6 Å². The van der Waals surface area contributed by atoms with Crippen LogP contribution in [0.2, 0.25) is 0 Å². The Bertz CT molecular complexity index is 4240. The fourth-order valence-electron chi connectivity index (χ4n) is 12.4. The minimum Gasteiger partial charge on any atom is -0.504 e. The van der Waals surface area contributed by atoms with Gasteiger partial charge in [-0.15, -0.1) is 30.0 Å². The third-order valence-electron chi connectivity index (χ3n) is 16.7. The average Bonchev–Trinajstić information content (AvgIpc) is 1.61. The summed E-state index contributed by atoms with van der Waals surface area (Å²) in [5.74, 6) is -22.3. The first-order valence-corrected chi connectivity index (χ1v) is 27.5. The van der Waals surface area contributed by atoms with Gasteiger partial charge in [-0.25, -0.2) is 0 Å². The van der Waals surface area contributed by atoms with Gasteiger partial charge in [0.25, 0.3) is 5.91 Å². The lowest BCUT2D eigenvalue weighted by molar-refractivity contribution is -0.166. The summed E-state index contributed by atoms with van der Waals surface area (Å²) in [4.78, 5) is 136. The number of hydrogen-bond acceptors (Lipinski definition) is 16. The number of phenolic OH excluding ortho intramolecular Hbond substituents is 2. The zero-order valence-corrected chi connectivity index (χ0v) is 46.7. The molecule has 1 aliphatic heterocycles. The Kier molecular flexibility index (Phi) is 15.2. The fraction of sp³-hybridized carbons (Fsp3) is 0.246. The van der Waals surface area contributed by atoms with Crippen LogP contribution in [0.15, 0.2) is 109 Å². The number of nitrogens with one attached hydrogen (secondary N) is 4. The van der Waals surface area contributed by atoms with Crippen LogP contribution in [0.3, 0.4) is 0 Å².